The molecule has 0 bridgehead atoms. The number of imide groups is 1. The molecule has 0 saturated heterocycles. The highest BCUT2D eigenvalue weighted by molar-refractivity contribution is 9.10. The van der Waals surface area contributed by atoms with Gasteiger partial charge < -0.3 is 10.2 Å². The molecule has 0 spiro atoms. The van der Waals surface area contributed by atoms with Crippen LogP contribution in [-0.2, 0) is 0 Å². The van der Waals surface area contributed by atoms with Crippen LogP contribution in [0.3, 0.4) is 0 Å². The van der Waals surface area contributed by atoms with Gasteiger partial charge in [-0.1, -0.05) is 35.2 Å². The molecule has 0 unspecified atom stereocenters. The van der Waals surface area contributed by atoms with Crippen molar-refractivity contribution in [3.05, 3.63) is 33.8 Å². The third-order valence-corrected chi connectivity index (χ3v) is 5.70. The quantitative estimate of drug-likeness (QED) is 0.584. The normalized spacial score (nSPS) is 17.4. The number of benzene rings is 1. The second-order valence-corrected chi connectivity index (χ2v) is 7.86. The van der Waals surface area contributed by atoms with Crippen molar-refractivity contribution < 1.29 is 14.4 Å². The number of hydrogen-bond acceptors (Lipinski definition) is 3. The Morgan fingerprint density at radius 2 is 1.88 bits per heavy atom. The van der Waals surface area contributed by atoms with Crippen molar-refractivity contribution in [1.82, 2.24) is 15.1 Å². The van der Waals surface area contributed by atoms with Crippen LogP contribution >= 0.6 is 15.9 Å². The molecule has 1 aliphatic heterocycles. The van der Waals surface area contributed by atoms with Crippen LogP contribution in [0.25, 0.3) is 0 Å². The van der Waals surface area contributed by atoms with E-state index in [0.717, 1.165) is 17.3 Å². The summed E-state index contributed by atoms with van der Waals surface area (Å²) in [6.07, 6.45) is 6.28. The summed E-state index contributed by atoms with van der Waals surface area (Å²) in [5.41, 5.74) is 0.879. The van der Waals surface area contributed by atoms with E-state index >= 15 is 0 Å². The topological polar surface area (TPSA) is 69.7 Å². The van der Waals surface area contributed by atoms with Gasteiger partial charge >= 0.3 is 6.03 Å². The van der Waals surface area contributed by atoms with E-state index < -0.39 is 0 Å². The van der Waals surface area contributed by atoms with E-state index in [2.05, 4.69) is 21.2 Å². The highest BCUT2D eigenvalue weighted by Crippen LogP contribution is 2.26. The lowest BCUT2D eigenvalue weighted by molar-refractivity contribution is 0.0653. The van der Waals surface area contributed by atoms with Gasteiger partial charge in [0.2, 0.25) is 0 Å². The van der Waals surface area contributed by atoms with Crippen LogP contribution in [0.1, 0.15) is 59.2 Å². The monoisotopic (exact) mass is 421 g/mol. The fourth-order valence-corrected chi connectivity index (χ4v) is 4.02. The van der Waals surface area contributed by atoms with Crippen molar-refractivity contribution in [1.29, 1.82) is 0 Å². The molecule has 7 heteroatoms. The Kier molecular flexibility index (Phi) is 5.96. The summed E-state index contributed by atoms with van der Waals surface area (Å²) in [5, 5.41) is 2.89. The first-order chi connectivity index (χ1) is 12.5. The smallest absolute Gasteiger partial charge is 0.317 e. The molecular formula is C19H24BrN3O3. The summed E-state index contributed by atoms with van der Waals surface area (Å²) in [6, 6.07) is 5.34. The first-order valence-corrected chi connectivity index (χ1v) is 9.94. The molecule has 1 aromatic carbocycles. The van der Waals surface area contributed by atoms with Crippen LogP contribution in [-0.4, -0.2) is 53.8 Å². The van der Waals surface area contributed by atoms with E-state index in [9.17, 15) is 14.4 Å². The van der Waals surface area contributed by atoms with E-state index in [0.29, 0.717) is 36.7 Å². The minimum absolute atomic E-state index is 0.0804. The Labute approximate surface area is 162 Å². The van der Waals surface area contributed by atoms with Crippen molar-refractivity contribution in [3.63, 3.8) is 0 Å². The molecule has 1 heterocycles. The van der Waals surface area contributed by atoms with Crippen LogP contribution in [0.5, 0.6) is 0 Å². The molecule has 3 rings (SSSR count). The third kappa shape index (κ3) is 3.92. The van der Waals surface area contributed by atoms with Crippen molar-refractivity contribution in [2.75, 3.05) is 20.1 Å². The standard InChI is InChI=1S/C19H24BrN3O3/c1-22(14-6-3-2-4-7-14)19(26)21-10-5-11-23-17(24)15-9-8-13(20)12-16(15)18(23)25/h8-9,12,14H,2-7,10-11H2,1H3,(H,21,26). The number of rotatable bonds is 5. The number of nitrogens with one attached hydrogen (secondary N) is 1. The largest absolute Gasteiger partial charge is 0.338 e. The van der Waals surface area contributed by atoms with Gasteiger partial charge in [0.25, 0.3) is 11.8 Å². The first kappa shape index (κ1) is 18.9. The van der Waals surface area contributed by atoms with Gasteiger partial charge in [0.1, 0.15) is 0 Å². The Morgan fingerprint density at radius 1 is 1.19 bits per heavy atom. The SMILES string of the molecule is CN(C(=O)NCCCN1C(=O)c2ccc(Br)cc2C1=O)C1CCCCC1. The van der Waals surface area contributed by atoms with Gasteiger partial charge in [-0.25, -0.2) is 4.79 Å². The second-order valence-electron chi connectivity index (χ2n) is 6.94. The molecule has 1 N–H and O–H groups in total. The van der Waals surface area contributed by atoms with E-state index in [1.54, 1.807) is 23.1 Å². The molecule has 1 saturated carbocycles. The van der Waals surface area contributed by atoms with Crippen molar-refractivity contribution in [2.45, 2.75) is 44.6 Å². The lowest BCUT2D eigenvalue weighted by Gasteiger charge is -2.31. The number of halogens is 1. The number of hydrogen-bond donors (Lipinski definition) is 1. The fourth-order valence-electron chi connectivity index (χ4n) is 3.66. The van der Waals surface area contributed by atoms with Gasteiger partial charge in [-0.2, -0.15) is 0 Å². The second kappa shape index (κ2) is 8.20. The first-order valence-electron chi connectivity index (χ1n) is 9.15. The number of nitrogens with zero attached hydrogens (tertiary/aromatic N) is 2. The van der Waals surface area contributed by atoms with Crippen molar-refractivity contribution in [2.24, 2.45) is 0 Å². The highest BCUT2D eigenvalue weighted by atomic mass is 79.9. The molecule has 1 fully saturated rings. The summed E-state index contributed by atoms with van der Waals surface area (Å²) >= 11 is 3.32. The van der Waals surface area contributed by atoms with Crippen LogP contribution in [0.4, 0.5) is 4.79 Å². The van der Waals surface area contributed by atoms with Gasteiger partial charge in [-0.15, -0.1) is 0 Å². The Morgan fingerprint density at radius 3 is 2.62 bits per heavy atom. The number of carbonyl (C=O) groups excluding carboxylic acids is 3. The average molecular weight is 422 g/mol. The maximum Gasteiger partial charge on any atom is 0.317 e. The van der Waals surface area contributed by atoms with Crippen LogP contribution in [0, 0.1) is 0 Å². The van der Waals surface area contributed by atoms with Crippen LogP contribution in [0.2, 0.25) is 0 Å². The predicted octanol–water partition coefficient (Wildman–Crippen LogP) is 3.41. The number of fused-ring (bicyclic) bond motifs is 1. The van der Waals surface area contributed by atoms with E-state index in [4.69, 9.17) is 0 Å². The molecule has 1 aromatic rings. The minimum Gasteiger partial charge on any atom is -0.338 e. The maximum atomic E-state index is 12.4. The summed E-state index contributed by atoms with van der Waals surface area (Å²) in [4.78, 5) is 40.0. The molecule has 6 nitrogen and oxygen atoms in total. The van der Waals surface area contributed by atoms with E-state index in [1.807, 2.05) is 7.05 Å². The minimum atomic E-state index is -0.267. The lowest BCUT2D eigenvalue weighted by Crippen LogP contribution is -2.45. The van der Waals surface area contributed by atoms with Gasteiger partial charge in [0, 0.05) is 30.7 Å². The van der Waals surface area contributed by atoms with E-state index in [1.165, 1.54) is 24.2 Å². The number of urea groups is 1. The Hall–Kier alpha value is -1.89. The molecule has 0 radical (unpaired) electrons. The van der Waals surface area contributed by atoms with Gasteiger partial charge in [0.15, 0.2) is 0 Å². The summed E-state index contributed by atoms with van der Waals surface area (Å²) < 4.78 is 0.775. The third-order valence-electron chi connectivity index (χ3n) is 5.21. The molecular weight excluding hydrogens is 398 g/mol. The molecule has 140 valence electrons. The van der Waals surface area contributed by atoms with Crippen LogP contribution < -0.4 is 5.32 Å². The highest BCUT2D eigenvalue weighted by Gasteiger charge is 2.35. The van der Waals surface area contributed by atoms with Crippen LogP contribution in [0.15, 0.2) is 22.7 Å². The Balaban J connectivity index is 1.46. The molecule has 2 aliphatic rings. The Bertz CT molecular complexity index is 716. The zero-order valence-electron chi connectivity index (χ0n) is 15.0. The van der Waals surface area contributed by atoms with Gasteiger partial charge in [0.05, 0.1) is 11.1 Å². The number of carbonyl (C=O) groups is 3. The predicted molar refractivity (Wildman–Crippen MR) is 102 cm³/mol. The molecule has 26 heavy (non-hydrogen) atoms. The summed E-state index contributed by atoms with van der Waals surface area (Å²) in [6.45, 7) is 0.740. The number of amides is 4. The summed E-state index contributed by atoms with van der Waals surface area (Å²) in [5.74, 6) is -0.528. The zero-order valence-corrected chi connectivity index (χ0v) is 16.5. The molecule has 0 atom stereocenters. The maximum absolute atomic E-state index is 12.4. The van der Waals surface area contributed by atoms with E-state index in [-0.39, 0.29) is 17.8 Å². The molecule has 0 aromatic heterocycles. The molecule has 4 amide bonds. The van der Waals surface area contributed by atoms with Gasteiger partial charge in [-0.3, -0.25) is 14.5 Å². The van der Waals surface area contributed by atoms with Gasteiger partial charge in [-0.05, 0) is 37.5 Å². The lowest BCUT2D eigenvalue weighted by atomic mass is 9.95. The zero-order chi connectivity index (χ0) is 18.7. The molecule has 1 aliphatic carbocycles. The average Bonchev–Trinajstić information content (AvgIpc) is 2.89. The fraction of sp³-hybridized carbons (Fsp3) is 0.526. The summed E-state index contributed by atoms with van der Waals surface area (Å²) in [7, 11) is 1.84. The van der Waals surface area contributed by atoms with Crippen molar-refractivity contribution in [3.8, 4) is 0 Å². The van der Waals surface area contributed by atoms with Crippen molar-refractivity contribution >= 4 is 33.8 Å².